The lowest BCUT2D eigenvalue weighted by Crippen LogP contribution is -2.19. The number of amides is 1. The van der Waals surface area contributed by atoms with Crippen LogP contribution in [0.5, 0.6) is 5.75 Å². The van der Waals surface area contributed by atoms with Crippen LogP contribution in [0.1, 0.15) is 17.3 Å². The van der Waals surface area contributed by atoms with Crippen molar-refractivity contribution >= 4 is 21.6 Å². The van der Waals surface area contributed by atoms with Crippen LogP contribution in [0, 0.1) is 0 Å². The van der Waals surface area contributed by atoms with E-state index in [0.29, 0.717) is 18.0 Å². The van der Waals surface area contributed by atoms with Gasteiger partial charge in [-0.05, 0) is 49.4 Å². The molecule has 2 rings (SSSR count). The molecule has 6 nitrogen and oxygen atoms in total. The van der Waals surface area contributed by atoms with Crippen molar-refractivity contribution in [2.45, 2.75) is 11.8 Å². The van der Waals surface area contributed by atoms with Crippen molar-refractivity contribution in [1.29, 1.82) is 0 Å². The number of ether oxygens (including phenoxy) is 1. The topological polar surface area (TPSA) is 84.5 Å². The zero-order valence-electron chi connectivity index (χ0n) is 12.9. The van der Waals surface area contributed by atoms with Crippen LogP contribution in [-0.4, -0.2) is 28.0 Å². The second-order valence-corrected chi connectivity index (χ2v) is 6.35. The second kappa shape index (κ2) is 7.15. The van der Waals surface area contributed by atoms with Crippen molar-refractivity contribution in [3.05, 3.63) is 54.1 Å². The molecule has 2 aromatic carbocycles. The van der Waals surface area contributed by atoms with Crippen molar-refractivity contribution in [3.63, 3.8) is 0 Å². The average Bonchev–Trinajstić information content (AvgIpc) is 2.56. The third-order valence-corrected chi connectivity index (χ3v) is 4.43. The van der Waals surface area contributed by atoms with Crippen molar-refractivity contribution in [3.8, 4) is 5.75 Å². The van der Waals surface area contributed by atoms with Gasteiger partial charge in [0, 0.05) is 18.3 Å². The van der Waals surface area contributed by atoms with Gasteiger partial charge < -0.3 is 10.1 Å². The highest BCUT2D eigenvalue weighted by Crippen LogP contribution is 2.20. The molecular formula is C16H18N2O4S. The van der Waals surface area contributed by atoms with Crippen molar-refractivity contribution in [2.75, 3.05) is 18.4 Å². The zero-order valence-corrected chi connectivity index (χ0v) is 13.7. The normalized spacial score (nSPS) is 10.9. The highest BCUT2D eigenvalue weighted by Gasteiger charge is 2.16. The van der Waals surface area contributed by atoms with Gasteiger partial charge in [0.05, 0.1) is 11.5 Å². The van der Waals surface area contributed by atoms with Crippen LogP contribution in [-0.2, 0) is 10.0 Å². The lowest BCUT2D eigenvalue weighted by Gasteiger charge is -2.10. The fourth-order valence-electron chi connectivity index (χ4n) is 1.95. The SMILES string of the molecule is CCOc1ccc(NS(=O)(=O)c2cccc(C(=O)NC)c2)cc1. The van der Waals surface area contributed by atoms with Crippen molar-refractivity contribution in [1.82, 2.24) is 5.32 Å². The van der Waals surface area contributed by atoms with Crippen molar-refractivity contribution in [2.24, 2.45) is 0 Å². The van der Waals surface area contributed by atoms with E-state index < -0.39 is 10.0 Å². The summed E-state index contributed by atoms with van der Waals surface area (Å²) >= 11 is 0. The highest BCUT2D eigenvalue weighted by molar-refractivity contribution is 7.92. The molecule has 7 heteroatoms. The molecule has 0 aliphatic rings. The molecular weight excluding hydrogens is 316 g/mol. The van der Waals surface area contributed by atoms with E-state index in [1.54, 1.807) is 30.3 Å². The Hall–Kier alpha value is -2.54. The predicted molar refractivity (Wildman–Crippen MR) is 88.3 cm³/mol. The van der Waals surface area contributed by atoms with E-state index >= 15 is 0 Å². The molecule has 0 aliphatic carbocycles. The highest BCUT2D eigenvalue weighted by atomic mass is 32.2. The van der Waals surface area contributed by atoms with Crippen LogP contribution in [0.15, 0.2) is 53.4 Å². The molecule has 0 saturated heterocycles. The fraction of sp³-hybridized carbons (Fsp3) is 0.188. The van der Waals surface area contributed by atoms with Crippen LogP contribution in [0.2, 0.25) is 0 Å². The first kappa shape index (κ1) is 16.8. The van der Waals surface area contributed by atoms with E-state index in [1.807, 2.05) is 6.92 Å². The molecule has 0 spiro atoms. The molecule has 23 heavy (non-hydrogen) atoms. The summed E-state index contributed by atoms with van der Waals surface area (Å²) in [7, 11) is -2.29. The molecule has 0 fully saturated rings. The van der Waals surface area contributed by atoms with Crippen LogP contribution in [0.3, 0.4) is 0 Å². The number of carbonyl (C=O) groups is 1. The van der Waals surface area contributed by atoms with Gasteiger partial charge in [-0.15, -0.1) is 0 Å². The van der Waals surface area contributed by atoms with Gasteiger partial charge in [0.25, 0.3) is 15.9 Å². The van der Waals surface area contributed by atoms with E-state index in [2.05, 4.69) is 10.0 Å². The van der Waals surface area contributed by atoms with E-state index in [4.69, 9.17) is 4.74 Å². The largest absolute Gasteiger partial charge is 0.494 e. The van der Waals surface area contributed by atoms with Gasteiger partial charge >= 0.3 is 0 Å². The average molecular weight is 334 g/mol. The molecule has 0 aromatic heterocycles. The van der Waals surface area contributed by atoms with Crippen LogP contribution < -0.4 is 14.8 Å². The number of carbonyl (C=O) groups excluding carboxylic acids is 1. The molecule has 2 N–H and O–H groups in total. The van der Waals surface area contributed by atoms with E-state index in [1.165, 1.54) is 25.2 Å². The van der Waals surface area contributed by atoms with Gasteiger partial charge in [0.1, 0.15) is 5.75 Å². The summed E-state index contributed by atoms with van der Waals surface area (Å²) in [6.45, 7) is 2.41. The summed E-state index contributed by atoms with van der Waals surface area (Å²) in [6, 6.07) is 12.4. The zero-order chi connectivity index (χ0) is 16.9. The molecule has 1 amide bonds. The smallest absolute Gasteiger partial charge is 0.261 e. The lowest BCUT2D eigenvalue weighted by molar-refractivity contribution is 0.0963. The third kappa shape index (κ3) is 4.23. The number of nitrogens with one attached hydrogen (secondary N) is 2. The minimum Gasteiger partial charge on any atom is -0.494 e. The summed E-state index contributed by atoms with van der Waals surface area (Å²) in [5.74, 6) is 0.320. The summed E-state index contributed by atoms with van der Waals surface area (Å²) in [6.07, 6.45) is 0. The maximum absolute atomic E-state index is 12.4. The predicted octanol–water partition coefficient (Wildman–Crippen LogP) is 2.25. The Bertz CT molecular complexity index is 786. The van der Waals surface area contributed by atoms with E-state index in [9.17, 15) is 13.2 Å². The fourth-order valence-corrected chi connectivity index (χ4v) is 3.05. The number of hydrogen-bond donors (Lipinski definition) is 2. The number of rotatable bonds is 6. The monoisotopic (exact) mass is 334 g/mol. The maximum Gasteiger partial charge on any atom is 0.261 e. The Kier molecular flexibility index (Phi) is 5.23. The number of hydrogen-bond acceptors (Lipinski definition) is 4. The van der Waals surface area contributed by atoms with E-state index in [-0.39, 0.29) is 16.4 Å². The maximum atomic E-state index is 12.4. The Morgan fingerprint density at radius 1 is 1.13 bits per heavy atom. The Labute approximate surface area is 135 Å². The minimum absolute atomic E-state index is 0.0208. The third-order valence-electron chi connectivity index (χ3n) is 3.05. The van der Waals surface area contributed by atoms with Crippen LogP contribution in [0.25, 0.3) is 0 Å². The summed E-state index contributed by atoms with van der Waals surface area (Å²) in [5.41, 5.74) is 0.695. The molecule has 0 unspecified atom stereocenters. The van der Waals surface area contributed by atoms with Gasteiger partial charge in [0.2, 0.25) is 0 Å². The molecule has 0 atom stereocenters. The minimum atomic E-state index is -3.77. The number of sulfonamides is 1. The molecule has 0 aliphatic heterocycles. The van der Waals surface area contributed by atoms with Crippen LogP contribution in [0.4, 0.5) is 5.69 Å². The first-order chi connectivity index (χ1) is 11.0. The summed E-state index contributed by atoms with van der Waals surface area (Å²) < 4.78 is 32.6. The molecule has 0 bridgehead atoms. The number of benzene rings is 2. The summed E-state index contributed by atoms with van der Waals surface area (Å²) in [4.78, 5) is 11.6. The molecule has 2 aromatic rings. The summed E-state index contributed by atoms with van der Waals surface area (Å²) in [5, 5.41) is 2.46. The standard InChI is InChI=1S/C16H18N2O4S/c1-3-22-14-9-7-13(8-10-14)18-23(20,21)15-6-4-5-12(11-15)16(19)17-2/h4-11,18H,3H2,1-2H3,(H,17,19). The van der Waals surface area contributed by atoms with Gasteiger partial charge in [-0.25, -0.2) is 8.42 Å². The first-order valence-corrected chi connectivity index (χ1v) is 8.52. The molecule has 0 heterocycles. The lowest BCUT2D eigenvalue weighted by atomic mass is 10.2. The Morgan fingerprint density at radius 2 is 1.83 bits per heavy atom. The second-order valence-electron chi connectivity index (χ2n) is 4.67. The van der Waals surface area contributed by atoms with Gasteiger partial charge in [-0.1, -0.05) is 6.07 Å². The van der Waals surface area contributed by atoms with Gasteiger partial charge in [-0.2, -0.15) is 0 Å². The van der Waals surface area contributed by atoms with E-state index in [0.717, 1.165) is 0 Å². The van der Waals surface area contributed by atoms with Crippen LogP contribution >= 0.6 is 0 Å². The Balaban J connectivity index is 2.23. The molecule has 0 radical (unpaired) electrons. The Morgan fingerprint density at radius 3 is 2.43 bits per heavy atom. The molecule has 0 saturated carbocycles. The van der Waals surface area contributed by atoms with Crippen molar-refractivity contribution < 1.29 is 17.9 Å². The molecule has 122 valence electrons. The first-order valence-electron chi connectivity index (χ1n) is 7.04. The van der Waals surface area contributed by atoms with Gasteiger partial charge in [0.15, 0.2) is 0 Å². The quantitative estimate of drug-likeness (QED) is 0.848. The van der Waals surface area contributed by atoms with Gasteiger partial charge in [-0.3, -0.25) is 9.52 Å². The number of anilines is 1.